The van der Waals surface area contributed by atoms with Gasteiger partial charge in [-0.25, -0.2) is 0 Å². The van der Waals surface area contributed by atoms with Crippen LogP contribution in [0.1, 0.15) is 36.8 Å². The summed E-state index contributed by atoms with van der Waals surface area (Å²) in [7, 11) is 1.69. The average Bonchev–Trinajstić information content (AvgIpc) is 2.62. The van der Waals surface area contributed by atoms with Crippen molar-refractivity contribution in [3.8, 4) is 11.5 Å². The molecule has 23 heavy (non-hydrogen) atoms. The maximum atomic E-state index is 5.95. The van der Waals surface area contributed by atoms with Crippen molar-refractivity contribution in [2.24, 2.45) is 5.73 Å². The molecule has 3 heteroatoms. The first-order chi connectivity index (χ1) is 11.3. The van der Waals surface area contributed by atoms with Crippen LogP contribution in [0.15, 0.2) is 48.5 Å². The Bertz CT molecular complexity index is 598. The van der Waals surface area contributed by atoms with Crippen molar-refractivity contribution in [1.82, 2.24) is 0 Å². The van der Waals surface area contributed by atoms with E-state index in [1.54, 1.807) is 7.11 Å². The van der Waals surface area contributed by atoms with Gasteiger partial charge in [0.2, 0.25) is 0 Å². The fourth-order valence-electron chi connectivity index (χ4n) is 2.69. The van der Waals surface area contributed by atoms with Crippen molar-refractivity contribution in [2.45, 2.75) is 32.1 Å². The molecular formula is C20H27NO2. The predicted molar refractivity (Wildman–Crippen MR) is 95.3 cm³/mol. The smallest absolute Gasteiger partial charge is 0.119 e. The van der Waals surface area contributed by atoms with Gasteiger partial charge in [-0.1, -0.05) is 31.2 Å². The molecule has 0 bridgehead atoms. The largest absolute Gasteiger partial charge is 0.497 e. The van der Waals surface area contributed by atoms with E-state index in [1.807, 2.05) is 24.3 Å². The van der Waals surface area contributed by atoms with Crippen LogP contribution in [-0.4, -0.2) is 20.3 Å². The van der Waals surface area contributed by atoms with E-state index in [2.05, 4.69) is 31.2 Å². The molecule has 0 aliphatic heterocycles. The lowest BCUT2D eigenvalue weighted by Gasteiger charge is -2.16. The zero-order chi connectivity index (χ0) is 16.5. The Morgan fingerprint density at radius 1 is 1.04 bits per heavy atom. The second-order valence-corrected chi connectivity index (χ2v) is 5.70. The highest BCUT2D eigenvalue weighted by molar-refractivity contribution is 5.31. The summed E-state index contributed by atoms with van der Waals surface area (Å²) in [5.41, 5.74) is 8.49. The Balaban J connectivity index is 1.83. The molecular weight excluding hydrogens is 286 g/mol. The van der Waals surface area contributed by atoms with Gasteiger partial charge >= 0.3 is 0 Å². The number of rotatable bonds is 9. The Kier molecular flexibility index (Phi) is 6.95. The molecule has 2 N–H and O–H groups in total. The standard InChI is InChI=1S/C20H27NO2/c1-3-16-7-4-11-20(13-16)23-12-6-9-18(15-21)17-8-5-10-19(14-17)22-2/h4-5,7-8,10-11,13-14,18H,3,6,9,12,15,21H2,1-2H3. The summed E-state index contributed by atoms with van der Waals surface area (Å²) in [5.74, 6) is 2.18. The highest BCUT2D eigenvalue weighted by Gasteiger charge is 2.10. The Morgan fingerprint density at radius 3 is 2.57 bits per heavy atom. The monoisotopic (exact) mass is 313 g/mol. The average molecular weight is 313 g/mol. The highest BCUT2D eigenvalue weighted by Crippen LogP contribution is 2.24. The van der Waals surface area contributed by atoms with E-state index in [9.17, 15) is 0 Å². The molecule has 0 spiro atoms. The maximum Gasteiger partial charge on any atom is 0.119 e. The molecule has 2 rings (SSSR count). The van der Waals surface area contributed by atoms with Crippen LogP contribution in [0, 0.1) is 0 Å². The molecule has 0 aliphatic rings. The third kappa shape index (κ3) is 5.29. The van der Waals surface area contributed by atoms with Gasteiger partial charge in [0.1, 0.15) is 11.5 Å². The fourth-order valence-corrected chi connectivity index (χ4v) is 2.69. The van der Waals surface area contributed by atoms with Crippen LogP contribution in [0.3, 0.4) is 0 Å². The molecule has 0 radical (unpaired) electrons. The molecule has 0 amide bonds. The lowest BCUT2D eigenvalue weighted by Crippen LogP contribution is -2.14. The van der Waals surface area contributed by atoms with Gasteiger partial charge in [-0.15, -0.1) is 0 Å². The van der Waals surface area contributed by atoms with E-state index < -0.39 is 0 Å². The number of ether oxygens (including phenoxy) is 2. The van der Waals surface area contributed by atoms with Crippen LogP contribution < -0.4 is 15.2 Å². The van der Waals surface area contributed by atoms with Gasteiger partial charge in [-0.2, -0.15) is 0 Å². The van der Waals surface area contributed by atoms with E-state index in [0.29, 0.717) is 19.1 Å². The predicted octanol–water partition coefficient (Wildman–Crippen LogP) is 4.16. The molecule has 0 fully saturated rings. The van der Waals surface area contributed by atoms with Crippen LogP contribution in [-0.2, 0) is 6.42 Å². The molecule has 0 heterocycles. The van der Waals surface area contributed by atoms with E-state index in [1.165, 1.54) is 11.1 Å². The van der Waals surface area contributed by atoms with Gasteiger partial charge in [0.25, 0.3) is 0 Å². The Morgan fingerprint density at radius 2 is 1.83 bits per heavy atom. The number of methoxy groups -OCH3 is 1. The van der Waals surface area contributed by atoms with Crippen molar-refractivity contribution in [1.29, 1.82) is 0 Å². The lowest BCUT2D eigenvalue weighted by molar-refractivity contribution is 0.301. The quantitative estimate of drug-likeness (QED) is 0.707. The number of benzene rings is 2. The Hall–Kier alpha value is -2.00. The lowest BCUT2D eigenvalue weighted by atomic mass is 9.94. The molecule has 3 nitrogen and oxygen atoms in total. The van der Waals surface area contributed by atoms with Crippen LogP contribution in [0.4, 0.5) is 0 Å². The second-order valence-electron chi connectivity index (χ2n) is 5.70. The van der Waals surface area contributed by atoms with Crippen LogP contribution in [0.25, 0.3) is 0 Å². The topological polar surface area (TPSA) is 44.5 Å². The minimum absolute atomic E-state index is 0.343. The number of nitrogens with two attached hydrogens (primary N) is 1. The summed E-state index contributed by atoms with van der Waals surface area (Å²) >= 11 is 0. The molecule has 1 unspecified atom stereocenters. The first-order valence-electron chi connectivity index (χ1n) is 8.32. The van der Waals surface area contributed by atoms with E-state index in [0.717, 1.165) is 30.8 Å². The summed E-state index contributed by atoms with van der Waals surface area (Å²) in [6.45, 7) is 3.51. The number of aryl methyl sites for hydroxylation is 1. The molecule has 2 aromatic rings. The van der Waals surface area contributed by atoms with Crippen molar-refractivity contribution in [3.05, 3.63) is 59.7 Å². The van der Waals surface area contributed by atoms with Crippen LogP contribution >= 0.6 is 0 Å². The third-order valence-corrected chi connectivity index (χ3v) is 4.12. The van der Waals surface area contributed by atoms with Gasteiger partial charge < -0.3 is 15.2 Å². The zero-order valence-corrected chi connectivity index (χ0v) is 14.1. The SMILES string of the molecule is CCc1cccc(OCCCC(CN)c2cccc(OC)c2)c1. The van der Waals surface area contributed by atoms with Gasteiger partial charge in [-0.3, -0.25) is 0 Å². The normalized spacial score (nSPS) is 12.0. The number of hydrogen-bond donors (Lipinski definition) is 1. The molecule has 1 atom stereocenters. The first-order valence-corrected chi connectivity index (χ1v) is 8.32. The molecule has 0 aliphatic carbocycles. The number of hydrogen-bond acceptors (Lipinski definition) is 3. The summed E-state index contributed by atoms with van der Waals surface area (Å²) in [6, 6.07) is 16.5. The van der Waals surface area contributed by atoms with Crippen LogP contribution in [0.2, 0.25) is 0 Å². The summed E-state index contributed by atoms with van der Waals surface area (Å²) < 4.78 is 11.1. The second kappa shape index (κ2) is 9.21. The molecule has 124 valence electrons. The van der Waals surface area contributed by atoms with Crippen LogP contribution in [0.5, 0.6) is 11.5 Å². The maximum absolute atomic E-state index is 5.95. The van der Waals surface area contributed by atoms with Gasteiger partial charge in [0, 0.05) is 0 Å². The first kappa shape index (κ1) is 17.4. The van der Waals surface area contributed by atoms with E-state index in [-0.39, 0.29) is 0 Å². The third-order valence-electron chi connectivity index (χ3n) is 4.12. The molecule has 2 aromatic carbocycles. The van der Waals surface area contributed by atoms with Crippen molar-refractivity contribution in [2.75, 3.05) is 20.3 Å². The van der Waals surface area contributed by atoms with Crippen molar-refractivity contribution >= 4 is 0 Å². The van der Waals surface area contributed by atoms with Crippen molar-refractivity contribution < 1.29 is 9.47 Å². The minimum atomic E-state index is 0.343. The zero-order valence-electron chi connectivity index (χ0n) is 14.1. The van der Waals surface area contributed by atoms with E-state index in [4.69, 9.17) is 15.2 Å². The minimum Gasteiger partial charge on any atom is -0.497 e. The molecule has 0 aromatic heterocycles. The van der Waals surface area contributed by atoms with Gasteiger partial charge in [-0.05, 0) is 67.1 Å². The molecule has 0 saturated heterocycles. The fraction of sp³-hybridized carbons (Fsp3) is 0.400. The molecule has 0 saturated carbocycles. The highest BCUT2D eigenvalue weighted by atomic mass is 16.5. The summed E-state index contributed by atoms with van der Waals surface area (Å²) in [5, 5.41) is 0. The van der Waals surface area contributed by atoms with Crippen molar-refractivity contribution in [3.63, 3.8) is 0 Å². The van der Waals surface area contributed by atoms with Gasteiger partial charge in [0.05, 0.1) is 13.7 Å². The van der Waals surface area contributed by atoms with E-state index >= 15 is 0 Å². The summed E-state index contributed by atoms with van der Waals surface area (Å²) in [6.07, 6.45) is 3.02. The Labute approximate surface area is 139 Å². The summed E-state index contributed by atoms with van der Waals surface area (Å²) in [4.78, 5) is 0. The van der Waals surface area contributed by atoms with Gasteiger partial charge in [0.15, 0.2) is 0 Å².